The molecule has 0 radical (unpaired) electrons. The standard InChI is InChI=1S/C64H34B2N8O/c67-35-39-15-23-43(24-16-39)71-53-9-3-1-7-49(53)65-51-33-61-47(31-59(51)73(45-27-19-41(37-69)20-28-45)57-13-5-11-55(71)63(57)65)48-32-60-52(34-62(48)75-61)66-50-8-2-4-10-54(50)72(44-25-17-40(36-68)18-26-44)56-12-6-14-58(64(56)66)74(60)46-29-21-42(38-70)22-30-46/h1-34H. The van der Waals surface area contributed by atoms with Crippen LogP contribution in [0, 0.1) is 45.3 Å². The third kappa shape index (κ3) is 5.99. The van der Waals surface area contributed by atoms with Crippen LogP contribution in [0.15, 0.2) is 211 Å². The first-order valence-electron chi connectivity index (χ1n) is 24.7. The highest BCUT2D eigenvalue weighted by molar-refractivity contribution is 7.01. The maximum atomic E-state index is 9.92. The van der Waals surface area contributed by atoms with E-state index in [9.17, 15) is 21.0 Å². The number of hydrogen-bond acceptors (Lipinski definition) is 9. The van der Waals surface area contributed by atoms with Crippen LogP contribution >= 0.6 is 0 Å². The van der Waals surface area contributed by atoms with E-state index in [0.717, 1.165) is 123 Å². The van der Waals surface area contributed by atoms with Crippen molar-refractivity contribution in [3.63, 3.8) is 0 Å². The van der Waals surface area contributed by atoms with Gasteiger partial charge in [-0.3, -0.25) is 0 Å². The summed E-state index contributed by atoms with van der Waals surface area (Å²) in [6.07, 6.45) is 0. The molecule has 4 aliphatic rings. The molecule has 0 bridgehead atoms. The molecular formula is C64H34B2N8O. The van der Waals surface area contributed by atoms with Crippen LogP contribution in [0.1, 0.15) is 22.3 Å². The minimum Gasteiger partial charge on any atom is -0.456 e. The van der Waals surface area contributed by atoms with Crippen LogP contribution in [-0.2, 0) is 0 Å². The average molecular weight is 953 g/mol. The highest BCUT2D eigenvalue weighted by Crippen LogP contribution is 2.48. The zero-order valence-corrected chi connectivity index (χ0v) is 39.8. The molecule has 15 rings (SSSR count). The minimum atomic E-state index is -0.171. The third-order valence-corrected chi connectivity index (χ3v) is 15.5. The monoisotopic (exact) mass is 952 g/mol. The smallest absolute Gasteiger partial charge is 0.252 e. The topological polar surface area (TPSA) is 121 Å². The Morgan fingerprint density at radius 3 is 0.907 bits per heavy atom. The number of furan rings is 1. The van der Waals surface area contributed by atoms with Crippen molar-refractivity contribution < 1.29 is 4.42 Å². The number of nitriles is 4. The molecule has 5 heterocycles. The van der Waals surface area contributed by atoms with Crippen molar-refractivity contribution in [2.75, 3.05) is 19.6 Å². The zero-order valence-electron chi connectivity index (χ0n) is 39.8. The molecule has 0 spiro atoms. The van der Waals surface area contributed by atoms with Crippen LogP contribution in [0.25, 0.3) is 21.9 Å². The lowest BCUT2D eigenvalue weighted by atomic mass is 9.33. The first-order chi connectivity index (χ1) is 37.0. The van der Waals surface area contributed by atoms with E-state index < -0.39 is 0 Å². The first-order valence-corrected chi connectivity index (χ1v) is 24.7. The Morgan fingerprint density at radius 1 is 0.293 bits per heavy atom. The lowest BCUT2D eigenvalue weighted by molar-refractivity contribution is 0.669. The van der Waals surface area contributed by atoms with E-state index in [2.05, 4.69) is 153 Å². The van der Waals surface area contributed by atoms with Gasteiger partial charge in [0.1, 0.15) is 11.2 Å². The summed E-state index contributed by atoms with van der Waals surface area (Å²) >= 11 is 0. The van der Waals surface area contributed by atoms with Gasteiger partial charge in [-0.25, -0.2) is 0 Å². The molecule has 0 fully saturated rings. The van der Waals surface area contributed by atoms with Crippen LogP contribution in [0.2, 0.25) is 0 Å². The van der Waals surface area contributed by atoms with E-state index in [1.807, 2.05) is 97.1 Å². The number of benzene rings is 10. The fourth-order valence-electron chi connectivity index (χ4n) is 12.4. The largest absolute Gasteiger partial charge is 0.456 e. The summed E-state index contributed by atoms with van der Waals surface area (Å²) in [4.78, 5) is 9.25. The van der Waals surface area contributed by atoms with Crippen molar-refractivity contribution in [3.05, 3.63) is 229 Å². The number of para-hydroxylation sites is 2. The predicted octanol–water partition coefficient (Wildman–Crippen LogP) is 11.2. The molecule has 75 heavy (non-hydrogen) atoms. The SMILES string of the molecule is N#Cc1ccc(N2c3ccccc3B3c4cc5oc6cc7c(cc6c5cc4N(c4ccc(C#N)cc4)c4cccc2c43)N(c2ccc(C#N)cc2)c2cccc3c2B7c2ccccc2N3c2ccc(C#N)cc2)cc1. The van der Waals surface area contributed by atoms with Gasteiger partial charge in [0.25, 0.3) is 13.4 Å². The molecule has 0 aliphatic carbocycles. The van der Waals surface area contributed by atoms with Gasteiger partial charge in [-0.1, -0.05) is 48.5 Å². The van der Waals surface area contributed by atoms with Crippen LogP contribution < -0.4 is 52.4 Å². The van der Waals surface area contributed by atoms with Crippen molar-refractivity contribution in [3.8, 4) is 24.3 Å². The molecule has 0 atom stereocenters. The van der Waals surface area contributed by atoms with Crippen molar-refractivity contribution in [2.45, 2.75) is 0 Å². The van der Waals surface area contributed by atoms with E-state index in [-0.39, 0.29) is 13.4 Å². The average Bonchev–Trinajstić information content (AvgIpc) is 3.83. The van der Waals surface area contributed by atoms with E-state index in [0.29, 0.717) is 22.3 Å². The summed E-state index contributed by atoms with van der Waals surface area (Å²) < 4.78 is 7.20. The summed E-state index contributed by atoms with van der Waals surface area (Å²) in [7, 11) is 0. The van der Waals surface area contributed by atoms with Gasteiger partial charge >= 0.3 is 0 Å². The summed E-state index contributed by atoms with van der Waals surface area (Å²) in [5.41, 5.74) is 22.6. The Balaban J connectivity index is 0.986. The molecule has 0 amide bonds. The summed E-state index contributed by atoms with van der Waals surface area (Å²) in [6, 6.07) is 79.6. The Kier molecular flexibility index (Phi) is 8.91. The minimum absolute atomic E-state index is 0.171. The first kappa shape index (κ1) is 42.0. The van der Waals surface area contributed by atoms with E-state index >= 15 is 0 Å². The Morgan fingerprint density at radius 2 is 0.587 bits per heavy atom. The van der Waals surface area contributed by atoms with Gasteiger partial charge in [-0.15, -0.1) is 0 Å². The molecule has 0 saturated heterocycles. The summed E-state index contributed by atoms with van der Waals surface area (Å²) in [5, 5.41) is 41.2. The van der Waals surface area contributed by atoms with Crippen molar-refractivity contribution in [2.24, 2.45) is 0 Å². The van der Waals surface area contributed by atoms with Crippen molar-refractivity contribution >= 4 is 136 Å². The third-order valence-electron chi connectivity index (χ3n) is 15.5. The molecule has 1 aromatic heterocycles. The van der Waals surface area contributed by atoms with Crippen molar-refractivity contribution in [1.29, 1.82) is 21.0 Å². The quantitative estimate of drug-likeness (QED) is 0.159. The summed E-state index contributed by atoms with van der Waals surface area (Å²) in [6.45, 7) is -0.342. The van der Waals surface area contributed by atoms with Gasteiger partial charge in [0, 0.05) is 79.0 Å². The molecule has 0 saturated carbocycles. The summed E-state index contributed by atoms with van der Waals surface area (Å²) in [5.74, 6) is 0. The van der Waals surface area contributed by atoms with Crippen LogP contribution in [0.4, 0.5) is 68.2 Å². The molecule has 4 aliphatic heterocycles. The normalized spacial score (nSPS) is 13.1. The number of nitrogens with zero attached hydrogens (tertiary/aromatic N) is 8. The zero-order chi connectivity index (χ0) is 50.1. The Bertz CT molecular complexity index is 4160. The van der Waals surface area contributed by atoms with Crippen LogP contribution in [0.5, 0.6) is 0 Å². The lowest BCUT2D eigenvalue weighted by Gasteiger charge is -2.44. The van der Waals surface area contributed by atoms with E-state index in [1.54, 1.807) is 0 Å². The molecule has 0 N–H and O–H groups in total. The highest BCUT2D eigenvalue weighted by Gasteiger charge is 2.46. The molecule has 10 aromatic carbocycles. The second kappa shape index (κ2) is 15.9. The highest BCUT2D eigenvalue weighted by atomic mass is 16.3. The maximum absolute atomic E-state index is 9.92. The number of rotatable bonds is 4. The Labute approximate surface area is 432 Å². The molecule has 9 nitrogen and oxygen atoms in total. The number of anilines is 12. The van der Waals surface area contributed by atoms with Gasteiger partial charge in [-0.05, 0) is 191 Å². The predicted molar refractivity (Wildman–Crippen MR) is 301 cm³/mol. The maximum Gasteiger partial charge on any atom is 0.252 e. The van der Waals surface area contributed by atoms with E-state index in [4.69, 9.17) is 4.42 Å². The number of fused-ring (bicyclic) bond motifs is 11. The van der Waals surface area contributed by atoms with Gasteiger partial charge in [0.05, 0.1) is 46.5 Å². The molecular weight excluding hydrogens is 918 g/mol. The number of hydrogen-bond donors (Lipinski definition) is 0. The second-order valence-corrected chi connectivity index (χ2v) is 19.3. The fraction of sp³-hybridized carbons (Fsp3) is 0. The fourth-order valence-corrected chi connectivity index (χ4v) is 12.4. The van der Waals surface area contributed by atoms with Gasteiger partial charge in [0.15, 0.2) is 0 Å². The van der Waals surface area contributed by atoms with Crippen LogP contribution in [-0.4, -0.2) is 13.4 Å². The molecule has 0 unspecified atom stereocenters. The van der Waals surface area contributed by atoms with E-state index in [1.165, 1.54) is 0 Å². The Hall–Kier alpha value is -10.7. The molecule has 11 aromatic rings. The molecule has 11 heteroatoms. The van der Waals surface area contributed by atoms with Gasteiger partial charge in [0.2, 0.25) is 0 Å². The van der Waals surface area contributed by atoms with Crippen molar-refractivity contribution in [1.82, 2.24) is 0 Å². The van der Waals surface area contributed by atoms with Crippen LogP contribution in [0.3, 0.4) is 0 Å². The van der Waals surface area contributed by atoms with Gasteiger partial charge < -0.3 is 24.0 Å². The lowest BCUT2D eigenvalue weighted by Crippen LogP contribution is -2.61. The second-order valence-electron chi connectivity index (χ2n) is 19.3. The molecule has 342 valence electrons. The van der Waals surface area contributed by atoms with Gasteiger partial charge in [-0.2, -0.15) is 21.0 Å².